The lowest BCUT2D eigenvalue weighted by atomic mass is 10.1. The number of benzene rings is 2. The Hall–Kier alpha value is -2.76. The second kappa shape index (κ2) is 12.5. The van der Waals surface area contributed by atoms with E-state index in [-0.39, 0.29) is 29.7 Å². The minimum atomic E-state index is -4.35. The molecule has 10 heteroatoms. The summed E-state index contributed by atoms with van der Waals surface area (Å²) in [7, 11) is 1.68. The van der Waals surface area contributed by atoms with Crippen LogP contribution in [0.3, 0.4) is 0 Å². The van der Waals surface area contributed by atoms with Crippen LogP contribution in [0, 0.1) is 6.92 Å². The molecular formula is C23H27F3IN5O. The zero-order valence-electron chi connectivity index (χ0n) is 18.4. The van der Waals surface area contributed by atoms with Gasteiger partial charge in [0, 0.05) is 39.1 Å². The van der Waals surface area contributed by atoms with Gasteiger partial charge in [0.25, 0.3) is 0 Å². The summed E-state index contributed by atoms with van der Waals surface area (Å²) in [6.45, 7) is 2.50. The van der Waals surface area contributed by atoms with Gasteiger partial charge in [-0.25, -0.2) is 4.98 Å². The summed E-state index contributed by atoms with van der Waals surface area (Å²) in [6, 6.07) is 14.8. The molecule has 1 aromatic heterocycles. The van der Waals surface area contributed by atoms with Crippen molar-refractivity contribution in [3.63, 3.8) is 0 Å². The van der Waals surface area contributed by atoms with E-state index in [0.717, 1.165) is 23.5 Å². The monoisotopic (exact) mass is 573 g/mol. The summed E-state index contributed by atoms with van der Waals surface area (Å²) < 4.78 is 43.5. The van der Waals surface area contributed by atoms with Gasteiger partial charge in [-0.05, 0) is 35.7 Å². The van der Waals surface area contributed by atoms with Crippen molar-refractivity contribution < 1.29 is 17.9 Å². The number of rotatable bonds is 8. The third-order valence-electron chi connectivity index (χ3n) is 4.74. The molecule has 0 aliphatic heterocycles. The molecule has 1 heterocycles. The largest absolute Gasteiger partial charge is 0.484 e. The number of aryl methyl sites for hydroxylation is 1. The third kappa shape index (κ3) is 8.95. The first kappa shape index (κ1) is 26.5. The molecule has 0 saturated heterocycles. The molecule has 0 aliphatic rings. The second-order valence-corrected chi connectivity index (χ2v) is 7.25. The standard InChI is InChI=1S/C23H26F3N5O.HI/c1-17-28-10-11-31(17)15-20-5-3-4-19(12-20)14-30-22(27-2)29-13-18-6-8-21(9-7-18)32-16-23(24,25)26;/h3-12H,13-16H2,1-2H3,(H2,27,29,30);1H. The lowest BCUT2D eigenvalue weighted by Gasteiger charge is -2.13. The Morgan fingerprint density at radius 2 is 1.70 bits per heavy atom. The molecule has 3 rings (SSSR count). The molecule has 0 unspecified atom stereocenters. The Balaban J connectivity index is 0.00000385. The van der Waals surface area contributed by atoms with Gasteiger partial charge in [-0.1, -0.05) is 36.4 Å². The molecule has 0 atom stereocenters. The van der Waals surface area contributed by atoms with Gasteiger partial charge >= 0.3 is 6.18 Å². The van der Waals surface area contributed by atoms with E-state index in [1.54, 1.807) is 25.4 Å². The second-order valence-electron chi connectivity index (χ2n) is 7.25. The van der Waals surface area contributed by atoms with Gasteiger partial charge in [-0.15, -0.1) is 24.0 Å². The summed E-state index contributed by atoms with van der Waals surface area (Å²) in [5.74, 6) is 1.77. The summed E-state index contributed by atoms with van der Waals surface area (Å²) in [5.41, 5.74) is 3.19. The van der Waals surface area contributed by atoms with Gasteiger partial charge in [0.15, 0.2) is 12.6 Å². The number of nitrogens with zero attached hydrogens (tertiary/aromatic N) is 3. The molecule has 33 heavy (non-hydrogen) atoms. The first-order valence-electron chi connectivity index (χ1n) is 10.1. The van der Waals surface area contributed by atoms with Gasteiger partial charge in [-0.2, -0.15) is 13.2 Å². The number of hydrogen-bond acceptors (Lipinski definition) is 3. The van der Waals surface area contributed by atoms with Crippen molar-refractivity contribution in [2.24, 2.45) is 4.99 Å². The van der Waals surface area contributed by atoms with E-state index < -0.39 is 12.8 Å². The number of guanidine groups is 1. The van der Waals surface area contributed by atoms with Crippen LogP contribution in [-0.2, 0) is 19.6 Å². The highest BCUT2D eigenvalue weighted by molar-refractivity contribution is 14.0. The van der Waals surface area contributed by atoms with E-state index in [1.807, 2.05) is 25.3 Å². The number of hydrogen-bond donors (Lipinski definition) is 2. The topological polar surface area (TPSA) is 63.5 Å². The van der Waals surface area contributed by atoms with Gasteiger partial charge in [0.2, 0.25) is 0 Å². The van der Waals surface area contributed by atoms with E-state index in [0.29, 0.717) is 19.0 Å². The number of halogens is 4. The molecule has 6 nitrogen and oxygen atoms in total. The maximum Gasteiger partial charge on any atom is 0.422 e. The van der Waals surface area contributed by atoms with Gasteiger partial charge in [-0.3, -0.25) is 4.99 Å². The van der Waals surface area contributed by atoms with Gasteiger partial charge in [0.05, 0.1) is 0 Å². The number of aromatic nitrogens is 2. The molecule has 0 spiro atoms. The fourth-order valence-corrected chi connectivity index (χ4v) is 3.07. The average molecular weight is 573 g/mol. The van der Waals surface area contributed by atoms with Gasteiger partial charge < -0.3 is 19.9 Å². The zero-order valence-corrected chi connectivity index (χ0v) is 20.7. The Morgan fingerprint density at radius 1 is 1.03 bits per heavy atom. The lowest BCUT2D eigenvalue weighted by molar-refractivity contribution is -0.153. The summed E-state index contributed by atoms with van der Waals surface area (Å²) in [4.78, 5) is 8.47. The highest BCUT2D eigenvalue weighted by Crippen LogP contribution is 2.18. The molecule has 0 aliphatic carbocycles. The van der Waals surface area contributed by atoms with Crippen LogP contribution >= 0.6 is 24.0 Å². The van der Waals surface area contributed by atoms with Crippen molar-refractivity contribution in [1.82, 2.24) is 20.2 Å². The quantitative estimate of drug-likeness (QED) is 0.234. The molecule has 3 aromatic rings. The smallest absolute Gasteiger partial charge is 0.422 e. The first-order valence-corrected chi connectivity index (χ1v) is 10.1. The van der Waals surface area contributed by atoms with Crippen molar-refractivity contribution in [2.45, 2.75) is 32.7 Å². The molecule has 0 fully saturated rings. The maximum atomic E-state index is 12.2. The molecule has 0 bridgehead atoms. The summed E-state index contributed by atoms with van der Waals surface area (Å²) in [5, 5.41) is 6.47. The Morgan fingerprint density at radius 3 is 2.30 bits per heavy atom. The van der Waals surface area contributed by atoms with Crippen LogP contribution in [0.2, 0.25) is 0 Å². The fourth-order valence-electron chi connectivity index (χ4n) is 3.07. The highest BCUT2D eigenvalue weighted by Gasteiger charge is 2.28. The number of imidazole rings is 1. The SMILES string of the molecule is CN=C(NCc1ccc(OCC(F)(F)F)cc1)NCc1cccc(Cn2ccnc2C)c1.I. The third-order valence-corrected chi connectivity index (χ3v) is 4.74. The van der Waals surface area contributed by atoms with Crippen LogP contribution in [0.25, 0.3) is 0 Å². The Bertz CT molecular complexity index is 1040. The van der Waals surface area contributed by atoms with Crippen LogP contribution in [0.15, 0.2) is 65.9 Å². The number of nitrogens with one attached hydrogen (secondary N) is 2. The average Bonchev–Trinajstić information content (AvgIpc) is 3.17. The molecular weight excluding hydrogens is 546 g/mol. The predicted octanol–water partition coefficient (Wildman–Crippen LogP) is 4.66. The maximum absolute atomic E-state index is 12.2. The van der Waals surface area contributed by atoms with Crippen molar-refractivity contribution in [1.29, 1.82) is 0 Å². The minimum absolute atomic E-state index is 0. The molecule has 2 N–H and O–H groups in total. The minimum Gasteiger partial charge on any atom is -0.484 e. The first-order chi connectivity index (χ1) is 15.3. The molecule has 0 amide bonds. The number of aliphatic imine (C=N–C) groups is 1. The molecule has 0 saturated carbocycles. The number of alkyl halides is 3. The van der Waals surface area contributed by atoms with Crippen molar-refractivity contribution in [3.05, 3.63) is 83.4 Å². The van der Waals surface area contributed by atoms with E-state index >= 15 is 0 Å². The summed E-state index contributed by atoms with van der Waals surface area (Å²) >= 11 is 0. The molecule has 178 valence electrons. The van der Waals surface area contributed by atoms with E-state index in [1.165, 1.54) is 17.7 Å². The Kier molecular flexibility index (Phi) is 10.0. The van der Waals surface area contributed by atoms with Crippen LogP contribution in [-0.4, -0.2) is 35.3 Å². The summed E-state index contributed by atoms with van der Waals surface area (Å²) in [6.07, 6.45) is -0.600. The van der Waals surface area contributed by atoms with Crippen LogP contribution < -0.4 is 15.4 Å². The molecule has 2 aromatic carbocycles. The van der Waals surface area contributed by atoms with Crippen molar-refractivity contribution >= 4 is 29.9 Å². The van der Waals surface area contributed by atoms with Crippen molar-refractivity contribution in [2.75, 3.05) is 13.7 Å². The highest BCUT2D eigenvalue weighted by atomic mass is 127. The fraction of sp³-hybridized carbons (Fsp3) is 0.304. The van der Waals surface area contributed by atoms with E-state index in [4.69, 9.17) is 4.74 Å². The Labute approximate surface area is 208 Å². The zero-order chi connectivity index (χ0) is 23.0. The number of ether oxygens (including phenoxy) is 1. The molecule has 0 radical (unpaired) electrons. The van der Waals surface area contributed by atoms with Crippen molar-refractivity contribution in [3.8, 4) is 5.75 Å². The van der Waals surface area contributed by atoms with Crippen LogP contribution in [0.1, 0.15) is 22.5 Å². The predicted molar refractivity (Wildman–Crippen MR) is 133 cm³/mol. The van der Waals surface area contributed by atoms with E-state index in [2.05, 4.69) is 37.3 Å². The lowest BCUT2D eigenvalue weighted by Crippen LogP contribution is -2.36. The van der Waals surface area contributed by atoms with Crippen LogP contribution in [0.5, 0.6) is 5.75 Å². The van der Waals surface area contributed by atoms with Crippen LogP contribution in [0.4, 0.5) is 13.2 Å². The normalized spacial score (nSPS) is 11.6. The van der Waals surface area contributed by atoms with E-state index in [9.17, 15) is 13.2 Å². The van der Waals surface area contributed by atoms with Gasteiger partial charge in [0.1, 0.15) is 11.6 Å².